The molecule has 1 fully saturated rings. The number of rotatable bonds is 7. The summed E-state index contributed by atoms with van der Waals surface area (Å²) in [5.74, 6) is 0.0267. The highest BCUT2D eigenvalue weighted by atomic mass is 16.4. The van der Waals surface area contributed by atoms with Crippen molar-refractivity contribution in [3.8, 4) is 5.75 Å². The van der Waals surface area contributed by atoms with E-state index in [1.165, 1.54) is 11.1 Å². The Bertz CT molecular complexity index is 987. The Balaban J connectivity index is 1.24. The Morgan fingerprint density at radius 3 is 2.69 bits per heavy atom. The third kappa shape index (κ3) is 4.62. The molecule has 0 aliphatic carbocycles. The van der Waals surface area contributed by atoms with Gasteiger partial charge in [0, 0.05) is 17.1 Å². The molecule has 0 radical (unpaired) electrons. The van der Waals surface area contributed by atoms with Gasteiger partial charge in [0.15, 0.2) is 0 Å². The van der Waals surface area contributed by atoms with E-state index < -0.39 is 5.97 Å². The number of fused-ring (bicyclic) bond motifs is 1. The molecule has 0 amide bonds. The number of phenolic OH excluding ortho intramolecular Hbond substituents is 1. The summed E-state index contributed by atoms with van der Waals surface area (Å²) in [5, 5.41) is 19.9. The SMILES string of the molecule is O=C(O)c1ccc2[nH]cc(CCCCN3CCC(c4cccc(O)c4)CC3)c2c1. The van der Waals surface area contributed by atoms with Crippen molar-refractivity contribution in [3.05, 3.63) is 65.4 Å². The summed E-state index contributed by atoms with van der Waals surface area (Å²) in [6.07, 6.45) is 7.49. The maximum Gasteiger partial charge on any atom is 0.335 e. The lowest BCUT2D eigenvalue weighted by molar-refractivity contribution is 0.0697. The number of phenols is 1. The fraction of sp³-hybridized carbons (Fsp3) is 0.375. The van der Waals surface area contributed by atoms with E-state index in [2.05, 4.69) is 16.0 Å². The predicted molar refractivity (Wildman–Crippen MR) is 115 cm³/mol. The molecule has 0 spiro atoms. The van der Waals surface area contributed by atoms with Gasteiger partial charge in [0.05, 0.1) is 5.56 Å². The predicted octanol–water partition coefficient (Wildman–Crippen LogP) is 4.77. The molecule has 2 heterocycles. The number of aromatic carboxylic acids is 1. The van der Waals surface area contributed by atoms with Crippen LogP contribution in [0.4, 0.5) is 0 Å². The minimum atomic E-state index is -0.881. The van der Waals surface area contributed by atoms with E-state index in [4.69, 9.17) is 0 Å². The first-order valence-electron chi connectivity index (χ1n) is 10.4. The van der Waals surface area contributed by atoms with Gasteiger partial charge in [0.2, 0.25) is 0 Å². The van der Waals surface area contributed by atoms with Crippen molar-refractivity contribution in [2.24, 2.45) is 0 Å². The standard InChI is InChI=1S/C24H28N2O3/c27-21-6-3-5-18(14-21)17-9-12-26(13-10-17)11-2-1-4-20-16-25-23-8-7-19(24(28)29)15-22(20)23/h3,5-8,14-17,25,27H,1-2,4,9-13H2,(H,28,29). The number of aromatic hydroxyl groups is 1. The summed E-state index contributed by atoms with van der Waals surface area (Å²) < 4.78 is 0. The molecule has 0 bridgehead atoms. The minimum absolute atomic E-state index is 0.341. The number of carboxylic acid groups (broad SMARTS) is 1. The zero-order valence-corrected chi connectivity index (χ0v) is 16.6. The lowest BCUT2D eigenvalue weighted by atomic mass is 9.89. The number of H-pyrrole nitrogens is 1. The average Bonchev–Trinajstić information content (AvgIpc) is 3.14. The van der Waals surface area contributed by atoms with E-state index in [0.29, 0.717) is 17.2 Å². The number of aromatic amines is 1. The molecule has 1 aliphatic heterocycles. The largest absolute Gasteiger partial charge is 0.508 e. The third-order valence-electron chi connectivity index (χ3n) is 6.11. The van der Waals surface area contributed by atoms with Gasteiger partial charge in [-0.1, -0.05) is 12.1 Å². The summed E-state index contributed by atoms with van der Waals surface area (Å²) in [5.41, 5.74) is 3.79. The summed E-state index contributed by atoms with van der Waals surface area (Å²) in [7, 11) is 0. The normalized spacial score (nSPS) is 15.7. The number of likely N-dealkylation sites (tertiary alicyclic amines) is 1. The molecule has 0 unspecified atom stereocenters. The molecule has 152 valence electrons. The van der Waals surface area contributed by atoms with Crippen LogP contribution in [0.5, 0.6) is 5.75 Å². The van der Waals surface area contributed by atoms with Crippen molar-refractivity contribution in [1.29, 1.82) is 0 Å². The van der Waals surface area contributed by atoms with Crippen LogP contribution in [0.3, 0.4) is 0 Å². The Kier molecular flexibility index (Phi) is 5.86. The first-order chi connectivity index (χ1) is 14.1. The Morgan fingerprint density at radius 2 is 1.93 bits per heavy atom. The molecule has 1 aliphatic rings. The number of aryl methyl sites for hydroxylation is 1. The van der Waals surface area contributed by atoms with Gasteiger partial charge in [-0.25, -0.2) is 4.79 Å². The Hall–Kier alpha value is -2.79. The van der Waals surface area contributed by atoms with E-state index >= 15 is 0 Å². The molecule has 3 N–H and O–H groups in total. The lowest BCUT2D eigenvalue weighted by Gasteiger charge is -2.32. The zero-order chi connectivity index (χ0) is 20.2. The number of aromatic nitrogens is 1. The molecule has 1 aromatic heterocycles. The Labute approximate surface area is 171 Å². The van der Waals surface area contributed by atoms with Gasteiger partial charge in [-0.2, -0.15) is 0 Å². The first-order valence-corrected chi connectivity index (χ1v) is 10.4. The highest BCUT2D eigenvalue weighted by molar-refractivity contribution is 5.94. The highest BCUT2D eigenvalue weighted by Gasteiger charge is 2.20. The van der Waals surface area contributed by atoms with Gasteiger partial charge in [-0.3, -0.25) is 0 Å². The number of hydrogen-bond acceptors (Lipinski definition) is 3. The number of nitrogens with zero attached hydrogens (tertiary/aromatic N) is 1. The maximum absolute atomic E-state index is 11.2. The van der Waals surface area contributed by atoms with E-state index in [1.54, 1.807) is 18.2 Å². The molecule has 5 nitrogen and oxygen atoms in total. The van der Waals surface area contributed by atoms with Crippen molar-refractivity contribution in [1.82, 2.24) is 9.88 Å². The third-order valence-corrected chi connectivity index (χ3v) is 6.11. The van der Waals surface area contributed by atoms with E-state index in [1.807, 2.05) is 24.4 Å². The maximum atomic E-state index is 11.2. The van der Waals surface area contributed by atoms with Crippen LogP contribution in [0.15, 0.2) is 48.7 Å². The number of carbonyl (C=O) groups is 1. The van der Waals surface area contributed by atoms with Crippen molar-refractivity contribution >= 4 is 16.9 Å². The van der Waals surface area contributed by atoms with Crippen LogP contribution in [0, 0.1) is 0 Å². The monoisotopic (exact) mass is 392 g/mol. The van der Waals surface area contributed by atoms with Crippen molar-refractivity contribution in [2.45, 2.75) is 38.0 Å². The number of piperidine rings is 1. The van der Waals surface area contributed by atoms with Crippen LogP contribution in [0.25, 0.3) is 10.9 Å². The summed E-state index contributed by atoms with van der Waals surface area (Å²) in [6.45, 7) is 3.32. The van der Waals surface area contributed by atoms with E-state index in [9.17, 15) is 15.0 Å². The molecular weight excluding hydrogens is 364 g/mol. The second-order valence-corrected chi connectivity index (χ2v) is 8.05. The Morgan fingerprint density at radius 1 is 1.10 bits per heavy atom. The topological polar surface area (TPSA) is 76.6 Å². The average molecular weight is 392 g/mol. The van der Waals surface area contributed by atoms with Crippen LogP contribution in [-0.4, -0.2) is 45.7 Å². The molecule has 1 saturated heterocycles. The molecule has 0 saturated carbocycles. The van der Waals surface area contributed by atoms with Crippen molar-refractivity contribution < 1.29 is 15.0 Å². The molecular formula is C24H28N2O3. The van der Waals surface area contributed by atoms with E-state index in [0.717, 1.165) is 62.6 Å². The molecule has 3 aromatic rings. The van der Waals surface area contributed by atoms with E-state index in [-0.39, 0.29) is 0 Å². The first kappa shape index (κ1) is 19.5. The highest BCUT2D eigenvalue weighted by Crippen LogP contribution is 2.30. The van der Waals surface area contributed by atoms with Gasteiger partial charge in [-0.15, -0.1) is 0 Å². The summed E-state index contributed by atoms with van der Waals surface area (Å²) in [4.78, 5) is 17.0. The number of nitrogens with one attached hydrogen (secondary N) is 1. The van der Waals surface area contributed by atoms with Crippen LogP contribution in [-0.2, 0) is 6.42 Å². The number of unbranched alkanes of at least 4 members (excludes halogenated alkanes) is 1. The van der Waals surface area contributed by atoms with Gasteiger partial charge < -0.3 is 20.1 Å². The number of hydrogen-bond donors (Lipinski definition) is 3. The lowest BCUT2D eigenvalue weighted by Crippen LogP contribution is -2.33. The molecule has 0 atom stereocenters. The molecule has 4 rings (SSSR count). The van der Waals surface area contributed by atoms with Crippen LogP contribution >= 0.6 is 0 Å². The van der Waals surface area contributed by atoms with Crippen LogP contribution in [0.1, 0.15) is 53.1 Å². The molecule has 29 heavy (non-hydrogen) atoms. The smallest absolute Gasteiger partial charge is 0.335 e. The number of benzene rings is 2. The molecule has 2 aromatic carbocycles. The van der Waals surface area contributed by atoms with Crippen molar-refractivity contribution in [3.63, 3.8) is 0 Å². The van der Waals surface area contributed by atoms with Crippen molar-refractivity contribution in [2.75, 3.05) is 19.6 Å². The molecule has 5 heteroatoms. The van der Waals surface area contributed by atoms with Crippen LogP contribution in [0.2, 0.25) is 0 Å². The summed E-state index contributed by atoms with van der Waals surface area (Å²) in [6, 6.07) is 12.9. The fourth-order valence-electron chi connectivity index (χ4n) is 4.44. The quantitative estimate of drug-likeness (QED) is 0.506. The van der Waals surface area contributed by atoms with Gasteiger partial charge in [-0.05, 0) is 99.1 Å². The second-order valence-electron chi connectivity index (χ2n) is 8.05. The van der Waals surface area contributed by atoms with Gasteiger partial charge >= 0.3 is 5.97 Å². The van der Waals surface area contributed by atoms with Gasteiger partial charge in [0.25, 0.3) is 0 Å². The second kappa shape index (κ2) is 8.70. The summed E-state index contributed by atoms with van der Waals surface area (Å²) >= 11 is 0. The minimum Gasteiger partial charge on any atom is -0.508 e. The van der Waals surface area contributed by atoms with Gasteiger partial charge in [0.1, 0.15) is 5.75 Å². The fourth-order valence-corrected chi connectivity index (χ4v) is 4.44. The van der Waals surface area contributed by atoms with Crippen LogP contribution < -0.4 is 0 Å². The number of carboxylic acids is 1. The zero-order valence-electron chi connectivity index (χ0n) is 16.6.